The molecule has 2 aliphatic carbocycles. The summed E-state index contributed by atoms with van der Waals surface area (Å²) in [5, 5.41) is 6.43. The fraction of sp³-hybridized carbons (Fsp3) is 0.909. The number of carbonyl (C=O) groups is 2. The maximum Gasteiger partial charge on any atom is 0.237 e. The molecule has 2 saturated heterocycles. The van der Waals surface area contributed by atoms with E-state index in [-0.39, 0.29) is 41.9 Å². The van der Waals surface area contributed by atoms with Gasteiger partial charge < -0.3 is 15.5 Å². The van der Waals surface area contributed by atoms with Gasteiger partial charge in [0, 0.05) is 57.1 Å². The van der Waals surface area contributed by atoms with Gasteiger partial charge in [0.05, 0.1) is 6.04 Å². The third-order valence-corrected chi connectivity index (χ3v) is 7.90. The van der Waals surface area contributed by atoms with Crippen LogP contribution in [0, 0.1) is 11.8 Å². The summed E-state index contributed by atoms with van der Waals surface area (Å²) < 4.78 is 28.9. The molecule has 0 aromatic rings. The maximum absolute atomic E-state index is 14.5. The Morgan fingerprint density at radius 3 is 2.67 bits per heavy atom. The van der Waals surface area contributed by atoms with E-state index in [1.165, 1.54) is 0 Å². The van der Waals surface area contributed by atoms with Gasteiger partial charge in [-0.15, -0.1) is 0 Å². The molecule has 0 bridgehead atoms. The number of alkyl halides is 2. The van der Waals surface area contributed by atoms with E-state index in [0.717, 1.165) is 13.0 Å². The van der Waals surface area contributed by atoms with Gasteiger partial charge in [0.15, 0.2) is 0 Å². The van der Waals surface area contributed by atoms with Gasteiger partial charge in [-0.25, -0.2) is 8.78 Å². The summed E-state index contributed by atoms with van der Waals surface area (Å²) in [6.07, 6.45) is 2.11. The van der Waals surface area contributed by atoms with Gasteiger partial charge in [-0.3, -0.25) is 14.5 Å². The molecule has 8 atom stereocenters. The number of rotatable bonds is 3. The van der Waals surface area contributed by atoms with E-state index in [1.54, 1.807) is 4.90 Å². The lowest BCUT2D eigenvalue weighted by Gasteiger charge is -2.38. The van der Waals surface area contributed by atoms with Crippen LogP contribution in [0.25, 0.3) is 0 Å². The standard InChI is InChI=1S/C22H36F2N4O2/c1-13-3-4-18(24)17-12-19(26-21(13)17)22(30)25-15-9-14(23)10-16(11-15)28-6-5-20(29)27(2)7-8-28/h13-19,21,26H,3-12H2,1-2H3,(H,25,30). The van der Waals surface area contributed by atoms with Gasteiger partial charge in [0.1, 0.15) is 12.3 Å². The number of fused-ring (bicyclic) bond motifs is 1. The highest BCUT2D eigenvalue weighted by atomic mass is 19.1. The number of hydrogen-bond donors (Lipinski definition) is 2. The van der Waals surface area contributed by atoms with Crippen LogP contribution in [-0.4, -0.2) is 84.8 Å². The van der Waals surface area contributed by atoms with E-state index >= 15 is 0 Å². The molecule has 4 aliphatic rings. The van der Waals surface area contributed by atoms with Crippen molar-refractivity contribution < 1.29 is 18.4 Å². The summed E-state index contributed by atoms with van der Waals surface area (Å²) in [5.74, 6) is 0.290. The molecule has 2 heterocycles. The maximum atomic E-state index is 14.5. The molecule has 2 saturated carbocycles. The van der Waals surface area contributed by atoms with Gasteiger partial charge in [0.2, 0.25) is 11.8 Å². The van der Waals surface area contributed by atoms with Gasteiger partial charge >= 0.3 is 0 Å². The first-order valence-electron chi connectivity index (χ1n) is 11.6. The van der Waals surface area contributed by atoms with E-state index in [9.17, 15) is 18.4 Å². The van der Waals surface area contributed by atoms with Crippen LogP contribution < -0.4 is 10.6 Å². The molecule has 0 radical (unpaired) electrons. The summed E-state index contributed by atoms with van der Waals surface area (Å²) in [6, 6.07) is -0.510. The summed E-state index contributed by atoms with van der Waals surface area (Å²) in [5.41, 5.74) is 0. The van der Waals surface area contributed by atoms with E-state index < -0.39 is 12.3 Å². The van der Waals surface area contributed by atoms with Crippen molar-refractivity contribution >= 4 is 11.8 Å². The Hall–Kier alpha value is -1.28. The minimum Gasteiger partial charge on any atom is -0.352 e. The SMILES string of the molecule is CC1CCC(F)C2CC(C(=O)NC3CC(F)CC(N4CCC(=O)N(C)CC4)C3)NC12. The van der Waals surface area contributed by atoms with Gasteiger partial charge in [0.25, 0.3) is 0 Å². The van der Waals surface area contributed by atoms with Crippen LogP contribution in [0.2, 0.25) is 0 Å². The Kier molecular flexibility index (Phi) is 6.63. The predicted octanol–water partition coefficient (Wildman–Crippen LogP) is 1.64. The number of carbonyl (C=O) groups excluding carboxylic acids is 2. The third kappa shape index (κ3) is 4.64. The van der Waals surface area contributed by atoms with Crippen LogP contribution in [0.5, 0.6) is 0 Å². The van der Waals surface area contributed by atoms with Crippen molar-refractivity contribution in [2.24, 2.45) is 11.8 Å². The van der Waals surface area contributed by atoms with Gasteiger partial charge in [-0.05, 0) is 44.4 Å². The number of hydrogen-bond acceptors (Lipinski definition) is 4. The van der Waals surface area contributed by atoms with Crippen molar-refractivity contribution in [2.75, 3.05) is 26.7 Å². The van der Waals surface area contributed by atoms with Crippen molar-refractivity contribution in [3.05, 3.63) is 0 Å². The van der Waals surface area contributed by atoms with Gasteiger partial charge in [-0.2, -0.15) is 0 Å². The van der Waals surface area contributed by atoms with E-state index in [1.807, 2.05) is 7.05 Å². The highest BCUT2D eigenvalue weighted by molar-refractivity contribution is 5.82. The Bertz CT molecular complexity index is 633. The molecule has 4 fully saturated rings. The van der Waals surface area contributed by atoms with Crippen LogP contribution in [0.4, 0.5) is 8.78 Å². The molecule has 170 valence electrons. The van der Waals surface area contributed by atoms with E-state index in [0.29, 0.717) is 57.5 Å². The van der Waals surface area contributed by atoms with Crippen LogP contribution in [-0.2, 0) is 9.59 Å². The normalized spacial score (nSPS) is 43.2. The van der Waals surface area contributed by atoms with E-state index in [4.69, 9.17) is 0 Å². The molecule has 2 N–H and O–H groups in total. The predicted molar refractivity (Wildman–Crippen MR) is 110 cm³/mol. The number of likely N-dealkylation sites (N-methyl/N-ethyl adjacent to an activating group) is 1. The average molecular weight is 427 g/mol. The Labute approximate surface area is 178 Å². The fourth-order valence-electron chi connectivity index (χ4n) is 6.05. The number of nitrogens with zero attached hydrogens (tertiary/aromatic N) is 2. The molecule has 8 unspecified atom stereocenters. The highest BCUT2D eigenvalue weighted by Gasteiger charge is 2.46. The molecule has 8 heteroatoms. The molecule has 2 amide bonds. The number of nitrogens with one attached hydrogen (secondary N) is 2. The first kappa shape index (κ1) is 21.9. The summed E-state index contributed by atoms with van der Waals surface area (Å²) in [4.78, 5) is 28.8. The summed E-state index contributed by atoms with van der Waals surface area (Å²) in [6.45, 7) is 4.16. The summed E-state index contributed by atoms with van der Waals surface area (Å²) >= 11 is 0. The molecule has 0 spiro atoms. The molecule has 30 heavy (non-hydrogen) atoms. The number of halogens is 2. The lowest BCUT2D eigenvalue weighted by atomic mass is 9.77. The topological polar surface area (TPSA) is 64.7 Å². The van der Waals surface area contributed by atoms with Crippen LogP contribution in [0.3, 0.4) is 0 Å². The lowest BCUT2D eigenvalue weighted by molar-refractivity contribution is -0.129. The smallest absolute Gasteiger partial charge is 0.237 e. The Balaban J connectivity index is 1.34. The second-order valence-corrected chi connectivity index (χ2v) is 9.98. The fourth-order valence-corrected chi connectivity index (χ4v) is 6.05. The molecule has 4 rings (SSSR count). The van der Waals surface area contributed by atoms with Crippen molar-refractivity contribution in [3.63, 3.8) is 0 Å². The van der Waals surface area contributed by atoms with E-state index in [2.05, 4.69) is 22.5 Å². The van der Waals surface area contributed by atoms with Crippen molar-refractivity contribution in [3.8, 4) is 0 Å². The quantitative estimate of drug-likeness (QED) is 0.720. The molecular weight excluding hydrogens is 390 g/mol. The van der Waals surface area contributed by atoms with Crippen LogP contribution in [0.1, 0.15) is 51.9 Å². The summed E-state index contributed by atoms with van der Waals surface area (Å²) in [7, 11) is 1.81. The monoisotopic (exact) mass is 426 g/mol. The molecule has 6 nitrogen and oxygen atoms in total. The zero-order valence-electron chi connectivity index (χ0n) is 18.2. The molecule has 0 aromatic heterocycles. The van der Waals surface area contributed by atoms with Gasteiger partial charge in [-0.1, -0.05) is 6.92 Å². The van der Waals surface area contributed by atoms with Crippen molar-refractivity contribution in [2.45, 2.75) is 88.4 Å². The van der Waals surface area contributed by atoms with Crippen LogP contribution >= 0.6 is 0 Å². The minimum atomic E-state index is -0.958. The first-order valence-corrected chi connectivity index (χ1v) is 11.6. The highest BCUT2D eigenvalue weighted by Crippen LogP contribution is 2.38. The second kappa shape index (κ2) is 9.07. The third-order valence-electron chi connectivity index (χ3n) is 7.90. The molecular formula is C22H36F2N4O2. The van der Waals surface area contributed by atoms with Crippen molar-refractivity contribution in [1.29, 1.82) is 0 Å². The van der Waals surface area contributed by atoms with Crippen molar-refractivity contribution in [1.82, 2.24) is 20.4 Å². The second-order valence-electron chi connectivity index (χ2n) is 9.98. The largest absolute Gasteiger partial charge is 0.352 e. The lowest BCUT2D eigenvalue weighted by Crippen LogP contribution is -2.53. The first-order chi connectivity index (χ1) is 14.3. The number of amides is 2. The minimum absolute atomic E-state index is 0.0349. The molecule has 2 aliphatic heterocycles. The zero-order valence-corrected chi connectivity index (χ0v) is 18.2. The molecule has 0 aromatic carbocycles. The zero-order chi connectivity index (χ0) is 21.4. The Morgan fingerprint density at radius 2 is 1.90 bits per heavy atom. The van der Waals surface area contributed by atoms with Crippen LogP contribution in [0.15, 0.2) is 0 Å². The Morgan fingerprint density at radius 1 is 1.10 bits per heavy atom. The average Bonchev–Trinajstić information content (AvgIpc) is 3.10.